The third-order valence-electron chi connectivity index (χ3n) is 4.89. The van der Waals surface area contributed by atoms with Crippen LogP contribution in [0.25, 0.3) is 10.9 Å². The molecule has 0 saturated carbocycles. The zero-order chi connectivity index (χ0) is 17.7. The molecule has 1 fully saturated rings. The highest BCUT2D eigenvalue weighted by molar-refractivity contribution is 5.95. The number of benzene rings is 2. The highest BCUT2D eigenvalue weighted by Gasteiger charge is 2.48. The Balaban J connectivity index is 1.42. The Hall–Kier alpha value is -3.28. The summed E-state index contributed by atoms with van der Waals surface area (Å²) in [5.74, 6) is 0.325. The molecule has 26 heavy (non-hydrogen) atoms. The van der Waals surface area contributed by atoms with Crippen LogP contribution in [0.3, 0.4) is 0 Å². The lowest BCUT2D eigenvalue weighted by molar-refractivity contribution is -0.0657. The number of likely N-dealkylation sites (tertiary alicyclic amines) is 1. The van der Waals surface area contributed by atoms with Gasteiger partial charge in [0, 0.05) is 29.9 Å². The summed E-state index contributed by atoms with van der Waals surface area (Å²) < 4.78 is 12.0. The van der Waals surface area contributed by atoms with Gasteiger partial charge in [-0.1, -0.05) is 24.3 Å². The number of nitrogens with zero attached hydrogens (tertiary/aromatic N) is 1. The molecule has 5 rings (SSSR count). The van der Waals surface area contributed by atoms with Crippen LogP contribution in [0.2, 0.25) is 0 Å². The Kier molecular flexibility index (Phi) is 3.09. The first-order chi connectivity index (χ1) is 12.6. The van der Waals surface area contributed by atoms with Crippen molar-refractivity contribution in [2.75, 3.05) is 13.1 Å². The fourth-order valence-electron chi connectivity index (χ4n) is 3.62. The summed E-state index contributed by atoms with van der Waals surface area (Å²) in [6, 6.07) is 16.0. The quantitative estimate of drug-likeness (QED) is 0.734. The number of rotatable bonds is 1. The summed E-state index contributed by atoms with van der Waals surface area (Å²) in [7, 11) is 0. The molecule has 130 valence electrons. The van der Waals surface area contributed by atoms with E-state index in [0.29, 0.717) is 41.9 Å². The minimum atomic E-state index is -0.837. The van der Waals surface area contributed by atoms with E-state index in [2.05, 4.69) is 4.98 Å². The average molecular weight is 348 g/mol. The largest absolute Gasteiger partial charge is 0.447 e. The number of carbonyl (C=O) groups is 1. The molecule has 1 saturated heterocycles. The Morgan fingerprint density at radius 3 is 2.50 bits per heavy atom. The van der Waals surface area contributed by atoms with Crippen molar-refractivity contribution in [1.82, 2.24) is 9.88 Å². The van der Waals surface area contributed by atoms with Crippen molar-refractivity contribution in [2.24, 2.45) is 0 Å². The molecular weight excluding hydrogens is 332 g/mol. The van der Waals surface area contributed by atoms with Crippen LogP contribution in [0.15, 0.2) is 59.4 Å². The summed E-state index contributed by atoms with van der Waals surface area (Å²) in [6.07, 6.45) is 0.575. The number of amides is 1. The maximum atomic E-state index is 12.9. The van der Waals surface area contributed by atoms with Crippen molar-refractivity contribution in [3.05, 3.63) is 70.5 Å². The number of para-hydroxylation sites is 3. The molecule has 0 bridgehead atoms. The molecule has 2 aliphatic heterocycles. The van der Waals surface area contributed by atoms with Gasteiger partial charge in [0.05, 0.1) is 6.54 Å². The predicted octanol–water partition coefficient (Wildman–Crippen LogP) is 2.54. The zero-order valence-corrected chi connectivity index (χ0v) is 13.9. The molecule has 6 heteroatoms. The molecule has 0 radical (unpaired) electrons. The minimum Gasteiger partial charge on any atom is -0.447 e. The van der Waals surface area contributed by atoms with E-state index in [1.807, 2.05) is 30.3 Å². The van der Waals surface area contributed by atoms with E-state index >= 15 is 0 Å². The van der Waals surface area contributed by atoms with Gasteiger partial charge >= 0.3 is 0 Å². The lowest BCUT2D eigenvalue weighted by atomic mass is 10.2. The van der Waals surface area contributed by atoms with Crippen LogP contribution in [0.5, 0.6) is 11.5 Å². The van der Waals surface area contributed by atoms with E-state index in [0.717, 1.165) is 0 Å². The van der Waals surface area contributed by atoms with Crippen molar-refractivity contribution < 1.29 is 14.3 Å². The topological polar surface area (TPSA) is 71.6 Å². The van der Waals surface area contributed by atoms with Gasteiger partial charge in [-0.15, -0.1) is 0 Å². The smallest absolute Gasteiger partial charge is 0.270 e. The second-order valence-electron chi connectivity index (χ2n) is 6.63. The number of pyridine rings is 1. The molecule has 0 unspecified atom stereocenters. The Morgan fingerprint density at radius 1 is 1.04 bits per heavy atom. The number of hydrogen-bond donors (Lipinski definition) is 1. The van der Waals surface area contributed by atoms with Crippen LogP contribution in [-0.2, 0) is 0 Å². The van der Waals surface area contributed by atoms with E-state index in [4.69, 9.17) is 9.47 Å². The van der Waals surface area contributed by atoms with Crippen LogP contribution in [0.1, 0.15) is 16.9 Å². The molecule has 3 aromatic rings. The lowest BCUT2D eigenvalue weighted by Gasteiger charge is -2.23. The van der Waals surface area contributed by atoms with Gasteiger partial charge < -0.3 is 19.4 Å². The average Bonchev–Trinajstić information content (AvgIpc) is 3.24. The molecular formula is C20H16N2O4. The van der Waals surface area contributed by atoms with E-state index in [-0.39, 0.29) is 17.0 Å². The van der Waals surface area contributed by atoms with Gasteiger partial charge in [-0.25, -0.2) is 0 Å². The monoisotopic (exact) mass is 348 g/mol. The highest BCUT2D eigenvalue weighted by Crippen LogP contribution is 2.43. The van der Waals surface area contributed by atoms with Gasteiger partial charge in [0.25, 0.3) is 11.7 Å². The summed E-state index contributed by atoms with van der Waals surface area (Å²) in [4.78, 5) is 29.9. The predicted molar refractivity (Wildman–Crippen MR) is 95.5 cm³/mol. The first-order valence-corrected chi connectivity index (χ1v) is 8.52. The number of nitrogens with one attached hydrogen (secondary N) is 1. The van der Waals surface area contributed by atoms with Crippen LogP contribution < -0.4 is 14.9 Å². The molecule has 0 aliphatic carbocycles. The maximum absolute atomic E-state index is 12.9. The van der Waals surface area contributed by atoms with Crippen LogP contribution in [-0.4, -0.2) is 34.7 Å². The summed E-state index contributed by atoms with van der Waals surface area (Å²) in [5, 5.41) is 0.569. The summed E-state index contributed by atoms with van der Waals surface area (Å²) in [5.41, 5.74) is 0.761. The fourth-order valence-corrected chi connectivity index (χ4v) is 3.62. The number of aromatic amines is 1. The molecule has 1 aromatic heterocycles. The summed E-state index contributed by atoms with van der Waals surface area (Å²) in [6.45, 7) is 0.817. The molecule has 6 nitrogen and oxygen atoms in total. The van der Waals surface area contributed by atoms with Crippen molar-refractivity contribution >= 4 is 16.8 Å². The molecule has 0 atom stereocenters. The van der Waals surface area contributed by atoms with E-state index in [9.17, 15) is 9.59 Å². The Labute approximate surface area is 149 Å². The van der Waals surface area contributed by atoms with Gasteiger partial charge in [0.15, 0.2) is 16.9 Å². The SMILES string of the molecule is O=C(c1cc(=O)c2ccccc2[nH]1)N1CCC2(C1)Oc1ccccc1O2. The van der Waals surface area contributed by atoms with Crippen LogP contribution in [0.4, 0.5) is 0 Å². The number of aromatic nitrogens is 1. The van der Waals surface area contributed by atoms with Crippen LogP contribution in [0, 0.1) is 0 Å². The molecule has 1 N–H and O–H groups in total. The van der Waals surface area contributed by atoms with Crippen molar-refractivity contribution in [3.8, 4) is 11.5 Å². The minimum absolute atomic E-state index is 0.169. The van der Waals surface area contributed by atoms with Gasteiger partial charge in [0.2, 0.25) is 0 Å². The Morgan fingerprint density at radius 2 is 1.73 bits per heavy atom. The third-order valence-corrected chi connectivity index (χ3v) is 4.89. The van der Waals surface area contributed by atoms with Gasteiger partial charge in [-0.05, 0) is 24.3 Å². The number of fused-ring (bicyclic) bond motifs is 2. The van der Waals surface area contributed by atoms with Gasteiger partial charge in [0.1, 0.15) is 5.69 Å². The number of carbonyl (C=O) groups excluding carboxylic acids is 1. The van der Waals surface area contributed by atoms with Crippen molar-refractivity contribution in [1.29, 1.82) is 0 Å². The highest BCUT2D eigenvalue weighted by atomic mass is 16.7. The molecule has 3 heterocycles. The summed E-state index contributed by atoms with van der Waals surface area (Å²) >= 11 is 0. The van der Waals surface area contributed by atoms with Gasteiger partial charge in [-0.3, -0.25) is 9.59 Å². The molecule has 1 spiro atoms. The molecule has 1 amide bonds. The lowest BCUT2D eigenvalue weighted by Crippen LogP contribution is -2.43. The number of ether oxygens (including phenoxy) is 2. The fraction of sp³-hybridized carbons (Fsp3) is 0.200. The Bertz CT molecular complexity index is 1060. The van der Waals surface area contributed by atoms with E-state index in [1.165, 1.54) is 6.07 Å². The van der Waals surface area contributed by atoms with Gasteiger partial charge in [-0.2, -0.15) is 0 Å². The number of hydrogen-bond acceptors (Lipinski definition) is 4. The molecule has 2 aromatic carbocycles. The standard InChI is InChI=1S/C20H16N2O4/c23-16-11-15(21-14-6-2-1-5-13(14)16)19(24)22-10-9-20(12-22)25-17-7-3-4-8-18(17)26-20/h1-8,11H,9-10,12H2,(H,21,23). The van der Waals surface area contributed by atoms with Crippen molar-refractivity contribution in [3.63, 3.8) is 0 Å². The van der Waals surface area contributed by atoms with E-state index in [1.54, 1.807) is 23.1 Å². The first kappa shape index (κ1) is 15.0. The normalized spacial score (nSPS) is 17.2. The first-order valence-electron chi connectivity index (χ1n) is 8.52. The second-order valence-corrected chi connectivity index (χ2v) is 6.63. The van der Waals surface area contributed by atoms with Crippen LogP contribution >= 0.6 is 0 Å². The maximum Gasteiger partial charge on any atom is 0.270 e. The number of H-pyrrole nitrogens is 1. The molecule has 2 aliphatic rings. The second kappa shape index (κ2) is 5.36. The zero-order valence-electron chi connectivity index (χ0n) is 13.9. The van der Waals surface area contributed by atoms with E-state index < -0.39 is 5.79 Å². The van der Waals surface area contributed by atoms with Crippen molar-refractivity contribution in [2.45, 2.75) is 12.2 Å². The third kappa shape index (κ3) is 2.26.